The second-order valence-electron chi connectivity index (χ2n) is 4.82. The number of hydrogen-bond acceptors (Lipinski definition) is 4. The second kappa shape index (κ2) is 6.39. The van der Waals surface area contributed by atoms with Crippen LogP contribution in [0.25, 0.3) is 0 Å². The van der Waals surface area contributed by atoms with Crippen molar-refractivity contribution in [2.45, 2.75) is 25.9 Å². The van der Waals surface area contributed by atoms with Crippen LogP contribution in [0.1, 0.15) is 25.0 Å². The first-order valence-corrected chi connectivity index (χ1v) is 5.83. The van der Waals surface area contributed by atoms with E-state index in [1.54, 1.807) is 20.3 Å². The molecular formula is C14H20N2O2. The van der Waals surface area contributed by atoms with Crippen LogP contribution in [0.2, 0.25) is 0 Å². The van der Waals surface area contributed by atoms with E-state index in [2.05, 4.69) is 25.2 Å². The molecule has 0 bridgehead atoms. The lowest BCUT2D eigenvalue weighted by molar-refractivity contribution is 0.127. The molecule has 0 unspecified atom stereocenters. The zero-order valence-electron chi connectivity index (χ0n) is 11.4. The molecule has 0 aliphatic rings. The van der Waals surface area contributed by atoms with Crippen LogP contribution < -0.4 is 10.1 Å². The first kappa shape index (κ1) is 14.5. The van der Waals surface area contributed by atoms with Gasteiger partial charge < -0.3 is 14.8 Å². The van der Waals surface area contributed by atoms with E-state index < -0.39 is 0 Å². The van der Waals surface area contributed by atoms with Crippen molar-refractivity contribution < 1.29 is 9.47 Å². The molecule has 4 heteroatoms. The molecule has 0 saturated carbocycles. The van der Waals surface area contributed by atoms with Gasteiger partial charge in [0.2, 0.25) is 0 Å². The van der Waals surface area contributed by atoms with Crippen LogP contribution in [0.15, 0.2) is 18.2 Å². The SMILES string of the molecule is COCC(C)(C)NCc1ccc(C#N)c(OC)c1. The minimum Gasteiger partial charge on any atom is -0.495 e. The van der Waals surface area contributed by atoms with Crippen molar-refractivity contribution in [2.75, 3.05) is 20.8 Å². The van der Waals surface area contributed by atoms with Gasteiger partial charge >= 0.3 is 0 Å². The molecule has 0 spiro atoms. The van der Waals surface area contributed by atoms with E-state index in [4.69, 9.17) is 14.7 Å². The van der Waals surface area contributed by atoms with Crippen LogP contribution >= 0.6 is 0 Å². The average molecular weight is 248 g/mol. The summed E-state index contributed by atoms with van der Waals surface area (Å²) in [7, 11) is 3.26. The summed E-state index contributed by atoms with van der Waals surface area (Å²) in [6.45, 7) is 5.51. The van der Waals surface area contributed by atoms with Gasteiger partial charge in [-0.15, -0.1) is 0 Å². The largest absolute Gasteiger partial charge is 0.495 e. The van der Waals surface area contributed by atoms with Crippen molar-refractivity contribution in [1.82, 2.24) is 5.32 Å². The third kappa shape index (κ3) is 4.02. The molecule has 0 radical (unpaired) electrons. The van der Waals surface area contributed by atoms with Crippen LogP contribution in [0.5, 0.6) is 5.75 Å². The predicted octanol–water partition coefficient (Wildman–Crippen LogP) is 2.08. The Morgan fingerprint density at radius 1 is 1.33 bits per heavy atom. The highest BCUT2D eigenvalue weighted by Gasteiger charge is 2.16. The number of nitriles is 1. The third-order valence-corrected chi connectivity index (χ3v) is 2.66. The zero-order chi connectivity index (χ0) is 13.6. The predicted molar refractivity (Wildman–Crippen MR) is 70.5 cm³/mol. The molecule has 0 fully saturated rings. The molecule has 18 heavy (non-hydrogen) atoms. The molecule has 0 saturated heterocycles. The van der Waals surface area contributed by atoms with Gasteiger partial charge in [-0.05, 0) is 31.5 Å². The Hall–Kier alpha value is -1.57. The highest BCUT2D eigenvalue weighted by molar-refractivity contribution is 5.45. The number of hydrogen-bond donors (Lipinski definition) is 1. The Morgan fingerprint density at radius 2 is 2.06 bits per heavy atom. The van der Waals surface area contributed by atoms with Crippen molar-refractivity contribution in [3.05, 3.63) is 29.3 Å². The second-order valence-corrected chi connectivity index (χ2v) is 4.82. The molecule has 0 atom stereocenters. The van der Waals surface area contributed by atoms with E-state index in [-0.39, 0.29) is 5.54 Å². The fourth-order valence-corrected chi connectivity index (χ4v) is 1.69. The molecule has 1 rings (SSSR count). The number of ether oxygens (including phenoxy) is 2. The van der Waals surface area contributed by atoms with Gasteiger partial charge in [-0.1, -0.05) is 6.07 Å². The Labute approximate surface area is 109 Å². The maximum absolute atomic E-state index is 8.91. The fourth-order valence-electron chi connectivity index (χ4n) is 1.69. The molecule has 0 aromatic heterocycles. The van der Waals surface area contributed by atoms with Crippen molar-refractivity contribution in [2.24, 2.45) is 0 Å². The number of benzene rings is 1. The highest BCUT2D eigenvalue weighted by atomic mass is 16.5. The minimum absolute atomic E-state index is 0.0874. The smallest absolute Gasteiger partial charge is 0.136 e. The van der Waals surface area contributed by atoms with Crippen molar-refractivity contribution in [1.29, 1.82) is 5.26 Å². The topological polar surface area (TPSA) is 54.3 Å². The van der Waals surface area contributed by atoms with Crippen LogP contribution in [0.4, 0.5) is 0 Å². The van der Waals surface area contributed by atoms with E-state index in [0.29, 0.717) is 24.5 Å². The minimum atomic E-state index is -0.0874. The summed E-state index contributed by atoms with van der Waals surface area (Å²) in [5, 5.41) is 12.3. The van der Waals surface area contributed by atoms with Crippen molar-refractivity contribution >= 4 is 0 Å². The Balaban J connectivity index is 2.72. The molecule has 0 aliphatic carbocycles. The standard InChI is InChI=1S/C14H20N2O2/c1-14(2,10-17-3)16-9-11-5-6-12(8-15)13(7-11)18-4/h5-7,16H,9-10H2,1-4H3. The fraction of sp³-hybridized carbons (Fsp3) is 0.500. The van der Waals surface area contributed by atoms with Crippen LogP contribution in [0.3, 0.4) is 0 Å². The number of rotatable bonds is 6. The summed E-state index contributed by atoms with van der Waals surface area (Å²) in [6, 6.07) is 7.69. The maximum atomic E-state index is 8.91. The maximum Gasteiger partial charge on any atom is 0.136 e. The molecular weight excluding hydrogens is 228 g/mol. The van der Waals surface area contributed by atoms with Crippen LogP contribution in [0, 0.1) is 11.3 Å². The van der Waals surface area contributed by atoms with Gasteiger partial charge in [-0.25, -0.2) is 0 Å². The Bertz CT molecular complexity index is 436. The highest BCUT2D eigenvalue weighted by Crippen LogP contribution is 2.19. The van der Waals surface area contributed by atoms with Crippen molar-refractivity contribution in [3.8, 4) is 11.8 Å². The summed E-state index contributed by atoms with van der Waals surface area (Å²) in [5.74, 6) is 0.612. The van der Waals surface area contributed by atoms with E-state index in [9.17, 15) is 0 Å². The summed E-state index contributed by atoms with van der Waals surface area (Å²) < 4.78 is 10.3. The van der Waals surface area contributed by atoms with E-state index in [1.807, 2.05) is 12.1 Å². The first-order valence-electron chi connectivity index (χ1n) is 5.83. The molecule has 4 nitrogen and oxygen atoms in total. The van der Waals surface area contributed by atoms with Crippen LogP contribution in [-0.4, -0.2) is 26.4 Å². The monoisotopic (exact) mass is 248 g/mol. The first-order chi connectivity index (χ1) is 8.52. The van der Waals surface area contributed by atoms with E-state index in [1.165, 1.54) is 0 Å². The molecule has 1 N–H and O–H groups in total. The van der Waals surface area contributed by atoms with Gasteiger partial charge in [0.15, 0.2) is 0 Å². The zero-order valence-corrected chi connectivity index (χ0v) is 11.4. The summed E-state index contributed by atoms with van der Waals surface area (Å²) >= 11 is 0. The van der Waals surface area contributed by atoms with Gasteiger partial charge in [0.1, 0.15) is 11.8 Å². The number of nitrogens with zero attached hydrogens (tertiary/aromatic N) is 1. The van der Waals surface area contributed by atoms with Crippen molar-refractivity contribution in [3.63, 3.8) is 0 Å². The van der Waals surface area contributed by atoms with E-state index >= 15 is 0 Å². The molecule has 1 aromatic rings. The number of nitrogens with one attached hydrogen (secondary N) is 1. The molecule has 0 amide bonds. The Kier molecular flexibility index (Phi) is 5.14. The number of methoxy groups -OCH3 is 2. The van der Waals surface area contributed by atoms with Gasteiger partial charge in [0.25, 0.3) is 0 Å². The summed E-state index contributed by atoms with van der Waals surface area (Å²) in [4.78, 5) is 0. The summed E-state index contributed by atoms with van der Waals surface area (Å²) in [5.41, 5.74) is 1.54. The van der Waals surface area contributed by atoms with Gasteiger partial charge in [0.05, 0.1) is 19.3 Å². The van der Waals surface area contributed by atoms with Crippen LogP contribution in [-0.2, 0) is 11.3 Å². The third-order valence-electron chi connectivity index (χ3n) is 2.66. The molecule has 98 valence electrons. The quantitative estimate of drug-likeness (QED) is 0.837. The lowest BCUT2D eigenvalue weighted by atomic mass is 10.1. The normalized spacial score (nSPS) is 11.1. The van der Waals surface area contributed by atoms with Gasteiger partial charge in [0, 0.05) is 19.2 Å². The molecule has 0 heterocycles. The van der Waals surface area contributed by atoms with E-state index in [0.717, 1.165) is 5.56 Å². The lowest BCUT2D eigenvalue weighted by Crippen LogP contribution is -2.42. The molecule has 1 aromatic carbocycles. The molecule has 0 aliphatic heterocycles. The summed E-state index contributed by atoms with van der Waals surface area (Å²) in [6.07, 6.45) is 0. The van der Waals surface area contributed by atoms with Gasteiger partial charge in [-0.2, -0.15) is 5.26 Å². The lowest BCUT2D eigenvalue weighted by Gasteiger charge is -2.25. The Morgan fingerprint density at radius 3 is 2.61 bits per heavy atom. The average Bonchev–Trinajstić information content (AvgIpc) is 2.36. The van der Waals surface area contributed by atoms with Gasteiger partial charge in [-0.3, -0.25) is 0 Å².